The molecule has 0 amide bonds. The molecule has 0 aliphatic carbocycles. The summed E-state index contributed by atoms with van der Waals surface area (Å²) in [5, 5.41) is 3.41. The smallest absolute Gasteiger partial charge is 0.0896 e. The van der Waals surface area contributed by atoms with Crippen LogP contribution in [0.3, 0.4) is 0 Å². The highest BCUT2D eigenvalue weighted by molar-refractivity contribution is 5.29. The molecule has 2 atom stereocenters. The van der Waals surface area contributed by atoms with Gasteiger partial charge >= 0.3 is 0 Å². The van der Waals surface area contributed by atoms with Gasteiger partial charge in [0, 0.05) is 13.1 Å². The van der Waals surface area contributed by atoms with E-state index in [-0.39, 0.29) is 6.10 Å². The number of hydrogen-bond donors (Lipinski definition) is 1. The van der Waals surface area contributed by atoms with E-state index < -0.39 is 0 Å². The molecule has 2 rings (SSSR count). The number of rotatable bonds is 3. The van der Waals surface area contributed by atoms with E-state index in [4.69, 9.17) is 4.74 Å². The van der Waals surface area contributed by atoms with Crippen LogP contribution in [-0.2, 0) is 4.74 Å². The van der Waals surface area contributed by atoms with Crippen molar-refractivity contribution >= 4 is 0 Å². The molecule has 1 fully saturated rings. The highest BCUT2D eigenvalue weighted by Gasteiger charge is 2.28. The van der Waals surface area contributed by atoms with Crippen LogP contribution in [0.2, 0.25) is 0 Å². The van der Waals surface area contributed by atoms with E-state index in [2.05, 4.69) is 55.5 Å². The van der Waals surface area contributed by atoms with Gasteiger partial charge in [-0.3, -0.25) is 0 Å². The van der Waals surface area contributed by atoms with Gasteiger partial charge in [-0.05, 0) is 32.1 Å². The first-order chi connectivity index (χ1) is 8.20. The first kappa shape index (κ1) is 12.6. The van der Waals surface area contributed by atoms with Crippen LogP contribution < -0.4 is 5.32 Å². The van der Waals surface area contributed by atoms with E-state index in [0.29, 0.717) is 6.04 Å². The minimum Gasteiger partial charge on any atom is -0.374 e. The number of hydrogen-bond acceptors (Lipinski definition) is 3. The van der Waals surface area contributed by atoms with E-state index in [0.717, 1.165) is 19.7 Å². The van der Waals surface area contributed by atoms with Crippen LogP contribution in [0.5, 0.6) is 0 Å². The third kappa shape index (κ3) is 2.86. The van der Waals surface area contributed by atoms with Gasteiger partial charge in [-0.15, -0.1) is 0 Å². The second kappa shape index (κ2) is 5.63. The zero-order chi connectivity index (χ0) is 12.3. The molecule has 1 aliphatic heterocycles. The summed E-state index contributed by atoms with van der Waals surface area (Å²) < 4.78 is 5.91. The first-order valence-electron chi connectivity index (χ1n) is 6.24. The maximum atomic E-state index is 5.91. The largest absolute Gasteiger partial charge is 0.374 e. The number of nitrogens with zero attached hydrogens (tertiary/aromatic N) is 1. The minimum absolute atomic E-state index is 0.236. The Bertz CT molecular complexity index is 359. The summed E-state index contributed by atoms with van der Waals surface area (Å²) in [7, 11) is 4.24. The Labute approximate surface area is 104 Å². The Balaban J connectivity index is 2.25. The Morgan fingerprint density at radius 3 is 2.71 bits per heavy atom. The molecule has 1 saturated heterocycles. The molecule has 3 heteroatoms. The molecule has 17 heavy (non-hydrogen) atoms. The highest BCUT2D eigenvalue weighted by Crippen LogP contribution is 2.27. The quantitative estimate of drug-likeness (QED) is 0.859. The van der Waals surface area contributed by atoms with Crippen LogP contribution in [-0.4, -0.2) is 44.8 Å². The molecule has 1 heterocycles. The van der Waals surface area contributed by atoms with Crippen molar-refractivity contribution in [3.63, 3.8) is 0 Å². The lowest BCUT2D eigenvalue weighted by molar-refractivity contribution is -0.0213. The molecule has 0 saturated carbocycles. The number of morpholine rings is 1. The van der Waals surface area contributed by atoms with E-state index >= 15 is 0 Å². The van der Waals surface area contributed by atoms with Gasteiger partial charge in [0.15, 0.2) is 0 Å². The highest BCUT2D eigenvalue weighted by atomic mass is 16.5. The van der Waals surface area contributed by atoms with Crippen LogP contribution in [0.1, 0.15) is 17.2 Å². The Kier molecular flexibility index (Phi) is 4.15. The van der Waals surface area contributed by atoms with Gasteiger partial charge in [-0.1, -0.05) is 24.3 Å². The third-order valence-corrected chi connectivity index (χ3v) is 3.37. The molecule has 94 valence electrons. The van der Waals surface area contributed by atoms with Crippen molar-refractivity contribution in [2.75, 3.05) is 33.8 Å². The lowest BCUT2D eigenvalue weighted by atomic mass is 9.95. The number of benzene rings is 1. The lowest BCUT2D eigenvalue weighted by Gasteiger charge is -2.36. The monoisotopic (exact) mass is 234 g/mol. The average molecular weight is 234 g/mol. The summed E-state index contributed by atoms with van der Waals surface area (Å²) in [5.41, 5.74) is 2.70. The van der Waals surface area contributed by atoms with Gasteiger partial charge in [0.1, 0.15) is 0 Å². The molecule has 2 unspecified atom stereocenters. The Morgan fingerprint density at radius 2 is 2.12 bits per heavy atom. The van der Waals surface area contributed by atoms with Crippen LogP contribution in [0.15, 0.2) is 24.3 Å². The zero-order valence-corrected chi connectivity index (χ0v) is 10.9. The number of likely N-dealkylation sites (N-methyl/N-ethyl adjacent to an activating group) is 1. The van der Waals surface area contributed by atoms with E-state index in [1.165, 1.54) is 11.1 Å². The first-order valence-corrected chi connectivity index (χ1v) is 6.24. The Hall–Kier alpha value is -0.900. The normalized spacial score (nSPS) is 22.7. The molecule has 0 aromatic heterocycles. The molecule has 1 aromatic carbocycles. The summed E-state index contributed by atoms with van der Waals surface area (Å²) in [6.07, 6.45) is 0.236. The van der Waals surface area contributed by atoms with Gasteiger partial charge < -0.3 is 15.0 Å². The molecule has 1 aliphatic rings. The molecule has 0 spiro atoms. The zero-order valence-electron chi connectivity index (χ0n) is 10.9. The summed E-state index contributed by atoms with van der Waals surface area (Å²) >= 11 is 0. The molecule has 0 bridgehead atoms. The van der Waals surface area contributed by atoms with Crippen molar-refractivity contribution in [1.29, 1.82) is 0 Å². The van der Waals surface area contributed by atoms with Crippen molar-refractivity contribution in [2.24, 2.45) is 0 Å². The van der Waals surface area contributed by atoms with Crippen molar-refractivity contribution in [2.45, 2.75) is 19.1 Å². The summed E-state index contributed by atoms with van der Waals surface area (Å²) in [6, 6.07) is 8.89. The predicted molar refractivity (Wildman–Crippen MR) is 70.2 cm³/mol. The lowest BCUT2D eigenvalue weighted by Crippen LogP contribution is -2.45. The second-order valence-corrected chi connectivity index (χ2v) is 4.88. The summed E-state index contributed by atoms with van der Waals surface area (Å²) in [6.45, 7) is 4.87. The second-order valence-electron chi connectivity index (χ2n) is 4.88. The van der Waals surface area contributed by atoms with E-state index in [1.54, 1.807) is 0 Å². The van der Waals surface area contributed by atoms with Gasteiger partial charge in [0.2, 0.25) is 0 Å². The number of nitrogens with one attached hydrogen (secondary N) is 1. The molecule has 0 radical (unpaired) electrons. The minimum atomic E-state index is 0.236. The average Bonchev–Trinajstić information content (AvgIpc) is 2.33. The third-order valence-electron chi connectivity index (χ3n) is 3.37. The standard InChI is InChI=1S/C14H22N2O/c1-11-6-4-5-7-12(11)14(16(2)3)13-10-15-8-9-17-13/h4-7,13-15H,8-10H2,1-3H3. The maximum absolute atomic E-state index is 5.91. The molecule has 1 N–H and O–H groups in total. The van der Waals surface area contributed by atoms with Gasteiger partial charge in [-0.25, -0.2) is 0 Å². The number of aryl methyl sites for hydroxylation is 1. The predicted octanol–water partition coefficient (Wildman–Crippen LogP) is 1.59. The molecule has 1 aromatic rings. The molecular formula is C14H22N2O. The maximum Gasteiger partial charge on any atom is 0.0896 e. The van der Waals surface area contributed by atoms with Gasteiger partial charge in [0.25, 0.3) is 0 Å². The van der Waals surface area contributed by atoms with E-state index in [1.807, 2.05) is 0 Å². The number of ether oxygens (including phenoxy) is 1. The topological polar surface area (TPSA) is 24.5 Å². The Morgan fingerprint density at radius 1 is 1.35 bits per heavy atom. The van der Waals surface area contributed by atoms with Crippen molar-refractivity contribution in [1.82, 2.24) is 10.2 Å². The summed E-state index contributed by atoms with van der Waals surface area (Å²) in [5.74, 6) is 0. The van der Waals surface area contributed by atoms with Crippen LogP contribution in [0.25, 0.3) is 0 Å². The van der Waals surface area contributed by atoms with Gasteiger partial charge in [-0.2, -0.15) is 0 Å². The molecule has 3 nitrogen and oxygen atoms in total. The van der Waals surface area contributed by atoms with E-state index in [9.17, 15) is 0 Å². The van der Waals surface area contributed by atoms with Crippen molar-refractivity contribution < 1.29 is 4.74 Å². The summed E-state index contributed by atoms with van der Waals surface area (Å²) in [4.78, 5) is 2.25. The van der Waals surface area contributed by atoms with Crippen molar-refractivity contribution in [3.05, 3.63) is 35.4 Å². The fraction of sp³-hybridized carbons (Fsp3) is 0.571. The van der Waals surface area contributed by atoms with Crippen LogP contribution in [0.4, 0.5) is 0 Å². The van der Waals surface area contributed by atoms with Crippen LogP contribution in [0, 0.1) is 6.92 Å². The fourth-order valence-corrected chi connectivity index (χ4v) is 2.52. The van der Waals surface area contributed by atoms with Gasteiger partial charge in [0.05, 0.1) is 18.8 Å². The SMILES string of the molecule is Cc1ccccc1C(C1CNCCO1)N(C)C. The fourth-order valence-electron chi connectivity index (χ4n) is 2.52. The molecular weight excluding hydrogens is 212 g/mol. The van der Waals surface area contributed by atoms with Crippen molar-refractivity contribution in [3.8, 4) is 0 Å². The van der Waals surface area contributed by atoms with Crippen LogP contribution >= 0.6 is 0 Å².